The summed E-state index contributed by atoms with van der Waals surface area (Å²) in [5.41, 5.74) is 1.17. The molecular weight excluding hydrogens is 220 g/mol. The topological polar surface area (TPSA) is 24.9 Å². The smallest absolute Gasteiger partial charge is 0.0637 e. The van der Waals surface area contributed by atoms with Gasteiger partial charge in [-0.25, -0.2) is 0 Å². The Balaban J connectivity index is 2.80. The summed E-state index contributed by atoms with van der Waals surface area (Å²) in [6, 6.07) is 2.35. The molecule has 1 heterocycles. The number of halogens is 1. The average molecular weight is 241 g/mol. The molecule has 1 aromatic rings. The van der Waals surface area contributed by atoms with Crippen LogP contribution in [0, 0.1) is 5.92 Å². The van der Waals surface area contributed by atoms with Gasteiger partial charge in [0.05, 0.1) is 5.02 Å². The van der Waals surface area contributed by atoms with Crippen molar-refractivity contribution < 1.29 is 0 Å². The number of pyridine rings is 1. The third-order valence-electron chi connectivity index (χ3n) is 2.96. The Bertz CT molecular complexity index is 315. The highest BCUT2D eigenvalue weighted by Crippen LogP contribution is 2.27. The van der Waals surface area contributed by atoms with Crippen LogP contribution < -0.4 is 5.32 Å². The van der Waals surface area contributed by atoms with Crippen LogP contribution in [0.25, 0.3) is 0 Å². The Morgan fingerprint density at radius 3 is 2.75 bits per heavy atom. The molecule has 0 aliphatic carbocycles. The van der Waals surface area contributed by atoms with E-state index in [0.717, 1.165) is 18.0 Å². The molecule has 1 rings (SSSR count). The van der Waals surface area contributed by atoms with Gasteiger partial charge in [-0.2, -0.15) is 0 Å². The summed E-state index contributed by atoms with van der Waals surface area (Å²) in [7, 11) is 0. The summed E-state index contributed by atoms with van der Waals surface area (Å²) < 4.78 is 0. The lowest BCUT2D eigenvalue weighted by Crippen LogP contribution is -2.23. The summed E-state index contributed by atoms with van der Waals surface area (Å²) in [6.45, 7) is 7.58. The Morgan fingerprint density at radius 2 is 2.19 bits per heavy atom. The van der Waals surface area contributed by atoms with Crippen LogP contribution in [-0.4, -0.2) is 11.5 Å². The highest BCUT2D eigenvalue weighted by atomic mass is 35.5. The molecule has 0 saturated carbocycles. The molecule has 0 radical (unpaired) electrons. The Morgan fingerprint density at radius 1 is 1.44 bits per heavy atom. The van der Waals surface area contributed by atoms with Gasteiger partial charge in [0.15, 0.2) is 0 Å². The molecule has 0 saturated heterocycles. The molecule has 0 aliphatic rings. The van der Waals surface area contributed by atoms with E-state index >= 15 is 0 Å². The van der Waals surface area contributed by atoms with Crippen molar-refractivity contribution >= 4 is 11.6 Å². The molecule has 0 spiro atoms. The maximum Gasteiger partial charge on any atom is 0.0637 e. The first kappa shape index (κ1) is 13.5. The quantitative estimate of drug-likeness (QED) is 0.818. The minimum absolute atomic E-state index is 0.343. The summed E-state index contributed by atoms with van der Waals surface area (Å²) in [4.78, 5) is 4.03. The lowest BCUT2D eigenvalue weighted by molar-refractivity contribution is 0.408. The second kappa shape index (κ2) is 6.87. The second-order valence-corrected chi connectivity index (χ2v) is 4.66. The summed E-state index contributed by atoms with van der Waals surface area (Å²) in [5.74, 6) is 0.702. The number of rotatable bonds is 6. The van der Waals surface area contributed by atoms with Crippen molar-refractivity contribution in [2.75, 3.05) is 6.54 Å². The molecule has 0 fully saturated rings. The van der Waals surface area contributed by atoms with Crippen LogP contribution in [0.1, 0.15) is 45.2 Å². The van der Waals surface area contributed by atoms with Crippen LogP contribution in [0.15, 0.2) is 18.5 Å². The van der Waals surface area contributed by atoms with Crippen molar-refractivity contribution in [2.24, 2.45) is 5.92 Å². The van der Waals surface area contributed by atoms with Gasteiger partial charge in [0, 0.05) is 18.4 Å². The van der Waals surface area contributed by atoms with E-state index in [1.165, 1.54) is 12.0 Å². The van der Waals surface area contributed by atoms with Gasteiger partial charge in [-0.3, -0.25) is 4.98 Å². The zero-order valence-corrected chi connectivity index (χ0v) is 11.1. The van der Waals surface area contributed by atoms with Crippen LogP contribution in [0.3, 0.4) is 0 Å². The molecule has 16 heavy (non-hydrogen) atoms. The molecule has 0 aliphatic heterocycles. The molecule has 0 aromatic carbocycles. The second-order valence-electron chi connectivity index (χ2n) is 4.26. The highest BCUT2D eigenvalue weighted by Gasteiger charge is 2.15. The van der Waals surface area contributed by atoms with E-state index in [1.807, 2.05) is 12.3 Å². The number of nitrogens with one attached hydrogen (secondary N) is 1. The fraction of sp³-hybridized carbons (Fsp3) is 0.615. The molecule has 90 valence electrons. The monoisotopic (exact) mass is 240 g/mol. The van der Waals surface area contributed by atoms with Gasteiger partial charge < -0.3 is 5.32 Å². The van der Waals surface area contributed by atoms with E-state index in [1.54, 1.807) is 6.20 Å². The normalized spacial score (nSPS) is 14.8. The van der Waals surface area contributed by atoms with E-state index in [9.17, 15) is 0 Å². The minimum atomic E-state index is 0.343. The van der Waals surface area contributed by atoms with Gasteiger partial charge in [-0.05, 0) is 30.5 Å². The molecule has 0 amide bonds. The minimum Gasteiger partial charge on any atom is -0.310 e. The first-order valence-electron chi connectivity index (χ1n) is 6.01. The van der Waals surface area contributed by atoms with E-state index in [0.29, 0.717) is 12.0 Å². The highest BCUT2D eigenvalue weighted by molar-refractivity contribution is 6.31. The van der Waals surface area contributed by atoms with Gasteiger partial charge in [-0.15, -0.1) is 0 Å². The van der Waals surface area contributed by atoms with Crippen molar-refractivity contribution in [3.63, 3.8) is 0 Å². The SMILES string of the molecule is CCNC(CC(C)CC)c1ccncc1Cl. The summed E-state index contributed by atoms with van der Waals surface area (Å²) in [5, 5.41) is 4.25. The lowest BCUT2D eigenvalue weighted by atomic mass is 9.95. The van der Waals surface area contributed by atoms with Gasteiger partial charge in [-0.1, -0.05) is 38.8 Å². The lowest BCUT2D eigenvalue weighted by Gasteiger charge is -2.22. The Hall–Kier alpha value is -0.600. The molecule has 2 atom stereocenters. The fourth-order valence-corrected chi connectivity index (χ4v) is 2.06. The van der Waals surface area contributed by atoms with Gasteiger partial charge in [0.25, 0.3) is 0 Å². The molecule has 3 heteroatoms. The van der Waals surface area contributed by atoms with E-state index in [2.05, 4.69) is 31.1 Å². The van der Waals surface area contributed by atoms with Crippen LogP contribution in [-0.2, 0) is 0 Å². The van der Waals surface area contributed by atoms with Crippen LogP contribution in [0.2, 0.25) is 5.02 Å². The fourth-order valence-electron chi connectivity index (χ4n) is 1.80. The molecule has 1 aromatic heterocycles. The Kier molecular flexibility index (Phi) is 5.78. The summed E-state index contributed by atoms with van der Waals surface area (Å²) in [6.07, 6.45) is 5.85. The number of nitrogens with zero attached hydrogens (tertiary/aromatic N) is 1. The van der Waals surface area contributed by atoms with Crippen molar-refractivity contribution in [1.29, 1.82) is 0 Å². The van der Waals surface area contributed by atoms with Crippen molar-refractivity contribution in [3.05, 3.63) is 29.0 Å². The van der Waals surface area contributed by atoms with Crippen LogP contribution in [0.5, 0.6) is 0 Å². The predicted octanol–water partition coefficient (Wildman–Crippen LogP) is 3.82. The first-order chi connectivity index (χ1) is 7.69. The molecule has 2 unspecified atom stereocenters. The molecule has 0 bridgehead atoms. The predicted molar refractivity (Wildman–Crippen MR) is 69.7 cm³/mol. The third kappa shape index (κ3) is 3.76. The zero-order chi connectivity index (χ0) is 12.0. The van der Waals surface area contributed by atoms with E-state index in [-0.39, 0.29) is 0 Å². The Labute approximate surface area is 103 Å². The van der Waals surface area contributed by atoms with E-state index in [4.69, 9.17) is 11.6 Å². The largest absolute Gasteiger partial charge is 0.310 e. The number of aromatic nitrogens is 1. The number of hydrogen-bond donors (Lipinski definition) is 1. The van der Waals surface area contributed by atoms with Gasteiger partial charge in [0.2, 0.25) is 0 Å². The van der Waals surface area contributed by atoms with Crippen molar-refractivity contribution in [2.45, 2.75) is 39.7 Å². The van der Waals surface area contributed by atoms with Gasteiger partial charge in [0.1, 0.15) is 0 Å². The van der Waals surface area contributed by atoms with Crippen molar-refractivity contribution in [3.8, 4) is 0 Å². The van der Waals surface area contributed by atoms with Crippen LogP contribution in [0.4, 0.5) is 0 Å². The zero-order valence-electron chi connectivity index (χ0n) is 10.3. The maximum absolute atomic E-state index is 6.18. The third-order valence-corrected chi connectivity index (χ3v) is 3.28. The maximum atomic E-state index is 6.18. The standard InChI is InChI=1S/C13H21ClN2/c1-4-10(3)8-13(16-5-2)11-6-7-15-9-12(11)14/h6-7,9-10,13,16H,4-5,8H2,1-3H3. The first-order valence-corrected chi connectivity index (χ1v) is 6.39. The molecular formula is C13H21ClN2. The van der Waals surface area contributed by atoms with Crippen LogP contribution >= 0.6 is 11.6 Å². The summed E-state index contributed by atoms with van der Waals surface area (Å²) >= 11 is 6.18. The molecule has 2 nitrogen and oxygen atoms in total. The van der Waals surface area contributed by atoms with Gasteiger partial charge >= 0.3 is 0 Å². The molecule has 1 N–H and O–H groups in total. The average Bonchev–Trinajstić information content (AvgIpc) is 2.29. The number of hydrogen-bond acceptors (Lipinski definition) is 2. The van der Waals surface area contributed by atoms with Crippen molar-refractivity contribution in [1.82, 2.24) is 10.3 Å². The van der Waals surface area contributed by atoms with E-state index < -0.39 is 0 Å².